The molecule has 1 rings (SSSR count). The van der Waals surface area contributed by atoms with E-state index in [4.69, 9.17) is 15.4 Å². The summed E-state index contributed by atoms with van der Waals surface area (Å²) in [6, 6.07) is -0.356. The molecule has 0 amide bonds. The van der Waals surface area contributed by atoms with Crippen LogP contribution in [-0.2, 0) is 0 Å². The number of aliphatic hydroxyl groups is 1. The molecule has 0 aliphatic heterocycles. The van der Waals surface area contributed by atoms with Crippen molar-refractivity contribution in [3.63, 3.8) is 0 Å². The van der Waals surface area contributed by atoms with E-state index < -0.39 is 0 Å². The molecule has 0 aromatic carbocycles. The van der Waals surface area contributed by atoms with E-state index in [0.717, 1.165) is 0 Å². The van der Waals surface area contributed by atoms with Crippen LogP contribution >= 0.6 is 0 Å². The average molecular weight is 185 g/mol. The lowest BCUT2D eigenvalue weighted by Crippen LogP contribution is -2.12. The van der Waals surface area contributed by atoms with E-state index in [2.05, 4.69) is 10.1 Å². The van der Waals surface area contributed by atoms with Crippen LogP contribution in [0, 0.1) is 0 Å². The highest BCUT2D eigenvalue weighted by Crippen LogP contribution is 2.15. The number of hydrogen-bond donors (Lipinski definition) is 2. The van der Waals surface area contributed by atoms with Gasteiger partial charge in [-0.1, -0.05) is 19.0 Å². The van der Waals surface area contributed by atoms with E-state index in [1.165, 1.54) is 0 Å². The first-order valence-corrected chi connectivity index (χ1v) is 4.35. The Morgan fingerprint density at radius 3 is 2.69 bits per heavy atom. The molecular weight excluding hydrogens is 170 g/mol. The molecule has 1 unspecified atom stereocenters. The number of nitrogens with zero attached hydrogens (tertiary/aromatic N) is 2. The third-order valence-corrected chi connectivity index (χ3v) is 1.73. The summed E-state index contributed by atoms with van der Waals surface area (Å²) >= 11 is 0. The van der Waals surface area contributed by atoms with Gasteiger partial charge >= 0.3 is 0 Å². The van der Waals surface area contributed by atoms with Crippen molar-refractivity contribution in [2.24, 2.45) is 5.73 Å². The molecule has 0 saturated carbocycles. The zero-order valence-corrected chi connectivity index (χ0v) is 7.90. The SMILES string of the molecule is CC(C)c1noc(C(N)CCO)n1. The number of hydrogen-bond acceptors (Lipinski definition) is 5. The molecule has 13 heavy (non-hydrogen) atoms. The Labute approximate surface area is 76.9 Å². The lowest BCUT2D eigenvalue weighted by molar-refractivity contribution is 0.259. The van der Waals surface area contributed by atoms with Gasteiger partial charge in [0.25, 0.3) is 0 Å². The first kappa shape index (κ1) is 10.1. The Kier molecular flexibility index (Phi) is 3.39. The van der Waals surface area contributed by atoms with Gasteiger partial charge in [-0.2, -0.15) is 4.98 Å². The predicted molar refractivity (Wildman–Crippen MR) is 47.0 cm³/mol. The number of aromatic nitrogens is 2. The predicted octanol–water partition coefficient (Wildman–Crippen LogP) is 0.575. The summed E-state index contributed by atoms with van der Waals surface area (Å²) in [5.41, 5.74) is 5.66. The Morgan fingerprint density at radius 2 is 2.23 bits per heavy atom. The normalized spacial score (nSPS) is 13.6. The summed E-state index contributed by atoms with van der Waals surface area (Å²) in [7, 11) is 0. The maximum atomic E-state index is 8.64. The second kappa shape index (κ2) is 4.34. The highest BCUT2D eigenvalue weighted by atomic mass is 16.5. The maximum Gasteiger partial charge on any atom is 0.243 e. The molecule has 0 saturated heterocycles. The van der Waals surface area contributed by atoms with E-state index in [1.54, 1.807) is 0 Å². The van der Waals surface area contributed by atoms with Crippen molar-refractivity contribution in [1.82, 2.24) is 10.1 Å². The smallest absolute Gasteiger partial charge is 0.243 e. The molecule has 5 nitrogen and oxygen atoms in total. The highest BCUT2D eigenvalue weighted by molar-refractivity contribution is 4.95. The zero-order chi connectivity index (χ0) is 9.84. The fourth-order valence-corrected chi connectivity index (χ4v) is 0.895. The maximum absolute atomic E-state index is 8.64. The minimum atomic E-state index is -0.356. The molecule has 0 bridgehead atoms. The van der Waals surface area contributed by atoms with Gasteiger partial charge in [0, 0.05) is 12.5 Å². The van der Waals surface area contributed by atoms with Gasteiger partial charge < -0.3 is 15.4 Å². The Balaban J connectivity index is 2.67. The fraction of sp³-hybridized carbons (Fsp3) is 0.750. The number of rotatable bonds is 4. The van der Waals surface area contributed by atoms with Crippen LogP contribution < -0.4 is 5.73 Å². The third kappa shape index (κ3) is 2.50. The highest BCUT2D eigenvalue weighted by Gasteiger charge is 2.15. The van der Waals surface area contributed by atoms with E-state index >= 15 is 0 Å². The van der Waals surface area contributed by atoms with E-state index in [-0.39, 0.29) is 18.6 Å². The molecular formula is C8H15N3O2. The summed E-state index contributed by atoms with van der Waals surface area (Å²) in [5.74, 6) is 1.29. The molecule has 0 aliphatic rings. The molecule has 1 aromatic rings. The largest absolute Gasteiger partial charge is 0.396 e. The molecule has 1 atom stereocenters. The molecule has 0 aliphatic carbocycles. The average Bonchev–Trinajstić information content (AvgIpc) is 2.52. The topological polar surface area (TPSA) is 85.2 Å². The summed E-state index contributed by atoms with van der Waals surface area (Å²) in [5, 5.41) is 12.4. The lowest BCUT2D eigenvalue weighted by Gasteiger charge is -2.01. The molecule has 0 spiro atoms. The first-order valence-electron chi connectivity index (χ1n) is 4.35. The summed E-state index contributed by atoms with van der Waals surface area (Å²) in [6.45, 7) is 3.99. The van der Waals surface area contributed by atoms with Gasteiger partial charge in [0.05, 0.1) is 6.04 Å². The zero-order valence-electron chi connectivity index (χ0n) is 7.90. The van der Waals surface area contributed by atoms with Crippen LogP contribution in [0.2, 0.25) is 0 Å². The van der Waals surface area contributed by atoms with Crippen molar-refractivity contribution in [2.75, 3.05) is 6.61 Å². The van der Waals surface area contributed by atoms with Crippen molar-refractivity contribution in [3.05, 3.63) is 11.7 Å². The molecule has 0 fully saturated rings. The first-order chi connectivity index (χ1) is 6.15. The Morgan fingerprint density at radius 1 is 1.54 bits per heavy atom. The van der Waals surface area contributed by atoms with Crippen molar-refractivity contribution in [2.45, 2.75) is 32.2 Å². The number of nitrogens with two attached hydrogens (primary N) is 1. The number of aliphatic hydroxyl groups excluding tert-OH is 1. The van der Waals surface area contributed by atoms with E-state index in [0.29, 0.717) is 18.1 Å². The monoisotopic (exact) mass is 185 g/mol. The summed E-state index contributed by atoms with van der Waals surface area (Å²) < 4.78 is 4.94. The fourth-order valence-electron chi connectivity index (χ4n) is 0.895. The van der Waals surface area contributed by atoms with Crippen LogP contribution in [-0.4, -0.2) is 21.9 Å². The molecule has 74 valence electrons. The van der Waals surface area contributed by atoms with E-state index in [9.17, 15) is 0 Å². The second-order valence-corrected chi connectivity index (χ2v) is 3.26. The lowest BCUT2D eigenvalue weighted by atomic mass is 10.2. The van der Waals surface area contributed by atoms with Gasteiger partial charge in [0.15, 0.2) is 5.82 Å². The molecule has 1 heterocycles. The molecule has 0 radical (unpaired) electrons. The molecule has 5 heteroatoms. The third-order valence-electron chi connectivity index (χ3n) is 1.73. The molecule has 1 aromatic heterocycles. The quantitative estimate of drug-likeness (QED) is 0.716. The van der Waals surface area contributed by atoms with Gasteiger partial charge in [-0.05, 0) is 6.42 Å². The minimum Gasteiger partial charge on any atom is -0.396 e. The van der Waals surface area contributed by atoms with Crippen molar-refractivity contribution < 1.29 is 9.63 Å². The van der Waals surface area contributed by atoms with Crippen molar-refractivity contribution in [3.8, 4) is 0 Å². The van der Waals surface area contributed by atoms with Crippen molar-refractivity contribution >= 4 is 0 Å². The Bertz CT molecular complexity index is 260. The van der Waals surface area contributed by atoms with Gasteiger partial charge in [-0.3, -0.25) is 0 Å². The second-order valence-electron chi connectivity index (χ2n) is 3.26. The van der Waals surface area contributed by atoms with Crippen LogP contribution in [0.1, 0.15) is 43.9 Å². The van der Waals surface area contributed by atoms with Crippen LogP contribution in [0.4, 0.5) is 0 Å². The van der Waals surface area contributed by atoms with E-state index in [1.807, 2.05) is 13.8 Å². The molecule has 3 N–H and O–H groups in total. The van der Waals surface area contributed by atoms with Gasteiger partial charge in [0.2, 0.25) is 5.89 Å². The van der Waals surface area contributed by atoms with Crippen LogP contribution in [0.5, 0.6) is 0 Å². The standard InChI is InChI=1S/C8H15N3O2/c1-5(2)7-10-8(13-11-7)6(9)3-4-12/h5-6,12H,3-4,9H2,1-2H3. The van der Waals surface area contributed by atoms with Crippen LogP contribution in [0.3, 0.4) is 0 Å². The van der Waals surface area contributed by atoms with Gasteiger partial charge in [-0.25, -0.2) is 0 Å². The van der Waals surface area contributed by atoms with Gasteiger partial charge in [-0.15, -0.1) is 0 Å². The van der Waals surface area contributed by atoms with Crippen molar-refractivity contribution in [1.29, 1.82) is 0 Å². The summed E-state index contributed by atoms with van der Waals surface area (Å²) in [6.07, 6.45) is 0.444. The van der Waals surface area contributed by atoms with Crippen LogP contribution in [0.25, 0.3) is 0 Å². The Hall–Kier alpha value is -0.940. The van der Waals surface area contributed by atoms with Gasteiger partial charge in [0.1, 0.15) is 0 Å². The minimum absolute atomic E-state index is 0.0283. The van der Waals surface area contributed by atoms with Crippen LogP contribution in [0.15, 0.2) is 4.52 Å². The summed E-state index contributed by atoms with van der Waals surface area (Å²) in [4.78, 5) is 4.11.